The van der Waals surface area contributed by atoms with Gasteiger partial charge in [-0.05, 0) is 43.7 Å². The molecule has 0 aliphatic rings. The van der Waals surface area contributed by atoms with Crippen molar-refractivity contribution in [3.8, 4) is 5.75 Å². The molecule has 6 heteroatoms. The molecule has 0 saturated carbocycles. The lowest BCUT2D eigenvalue weighted by atomic mass is 10.1. The number of hydrogen-bond acceptors (Lipinski definition) is 4. The zero-order valence-corrected chi connectivity index (χ0v) is 17.0. The van der Waals surface area contributed by atoms with Crippen LogP contribution in [0, 0.1) is 6.92 Å². The van der Waals surface area contributed by atoms with Gasteiger partial charge in [-0.15, -0.1) is 11.8 Å². The van der Waals surface area contributed by atoms with Crippen LogP contribution in [0.25, 0.3) is 0 Å². The fourth-order valence-electron chi connectivity index (χ4n) is 2.58. The maximum absolute atomic E-state index is 12.9. The molecule has 0 heterocycles. The lowest BCUT2D eigenvalue weighted by Crippen LogP contribution is -2.47. The molecule has 0 spiro atoms. The Morgan fingerprint density at radius 2 is 1.74 bits per heavy atom. The van der Waals surface area contributed by atoms with Crippen molar-refractivity contribution in [3.05, 3.63) is 59.7 Å². The zero-order chi connectivity index (χ0) is 19.8. The highest BCUT2D eigenvalue weighted by Crippen LogP contribution is 2.21. The second-order valence-electron chi connectivity index (χ2n) is 6.26. The van der Waals surface area contributed by atoms with E-state index in [9.17, 15) is 9.59 Å². The van der Waals surface area contributed by atoms with Crippen molar-refractivity contribution in [2.45, 2.75) is 31.3 Å². The summed E-state index contributed by atoms with van der Waals surface area (Å²) < 4.78 is 5.17. The van der Waals surface area contributed by atoms with Crippen LogP contribution in [0.4, 0.5) is 0 Å². The molecule has 2 aromatic carbocycles. The Morgan fingerprint density at radius 3 is 2.30 bits per heavy atom. The van der Waals surface area contributed by atoms with Crippen molar-refractivity contribution in [2.75, 3.05) is 19.9 Å². The van der Waals surface area contributed by atoms with Crippen LogP contribution in [-0.2, 0) is 16.1 Å². The van der Waals surface area contributed by atoms with Gasteiger partial charge in [0.1, 0.15) is 11.8 Å². The highest BCUT2D eigenvalue weighted by atomic mass is 32.2. The average Bonchev–Trinajstić information content (AvgIpc) is 2.70. The topological polar surface area (TPSA) is 58.6 Å². The van der Waals surface area contributed by atoms with E-state index in [0.717, 1.165) is 16.2 Å². The molecular weight excluding hydrogens is 360 g/mol. The Kier molecular flexibility index (Phi) is 7.73. The Morgan fingerprint density at radius 1 is 1.11 bits per heavy atom. The predicted octanol–water partition coefficient (Wildman–Crippen LogP) is 3.26. The quantitative estimate of drug-likeness (QED) is 0.708. The second kappa shape index (κ2) is 10.0. The average molecular weight is 387 g/mol. The SMILES string of the molecule is CNC(=O)[C@@H](C)N(Cc1ccc(OC)cc1)C(=O)CSc1ccc(C)cc1. The number of ether oxygens (including phenoxy) is 1. The monoisotopic (exact) mass is 386 g/mol. The third-order valence-corrected chi connectivity index (χ3v) is 5.31. The van der Waals surface area contributed by atoms with Crippen LogP contribution >= 0.6 is 11.8 Å². The number of benzene rings is 2. The number of hydrogen-bond donors (Lipinski definition) is 1. The van der Waals surface area contributed by atoms with Gasteiger partial charge in [0.2, 0.25) is 11.8 Å². The minimum atomic E-state index is -0.553. The number of thioether (sulfide) groups is 1. The maximum Gasteiger partial charge on any atom is 0.242 e. The molecule has 0 aromatic heterocycles. The van der Waals surface area contributed by atoms with Crippen LogP contribution in [0.3, 0.4) is 0 Å². The van der Waals surface area contributed by atoms with Crippen LogP contribution in [0.15, 0.2) is 53.4 Å². The van der Waals surface area contributed by atoms with Gasteiger partial charge in [-0.1, -0.05) is 29.8 Å². The Bertz CT molecular complexity index is 760. The molecule has 0 fully saturated rings. The largest absolute Gasteiger partial charge is 0.497 e. The van der Waals surface area contributed by atoms with Gasteiger partial charge in [0.15, 0.2) is 0 Å². The number of methoxy groups -OCH3 is 1. The molecule has 1 N–H and O–H groups in total. The van der Waals surface area contributed by atoms with Gasteiger partial charge in [-0.3, -0.25) is 9.59 Å². The van der Waals surface area contributed by atoms with Gasteiger partial charge in [0.05, 0.1) is 12.9 Å². The summed E-state index contributed by atoms with van der Waals surface area (Å²) in [5.41, 5.74) is 2.13. The van der Waals surface area contributed by atoms with Gasteiger partial charge in [-0.25, -0.2) is 0 Å². The molecule has 0 unspecified atom stereocenters. The van der Waals surface area contributed by atoms with Gasteiger partial charge in [-0.2, -0.15) is 0 Å². The first-order chi connectivity index (χ1) is 12.9. The molecule has 0 aliphatic heterocycles. The number of rotatable bonds is 8. The van der Waals surface area contributed by atoms with Crippen LogP contribution in [0.2, 0.25) is 0 Å². The van der Waals surface area contributed by atoms with Crippen LogP contribution in [0.5, 0.6) is 5.75 Å². The standard InChI is InChI=1S/C21H26N2O3S/c1-15-5-11-19(12-6-15)27-14-20(24)23(16(2)21(25)22-3)13-17-7-9-18(26-4)10-8-17/h5-12,16H,13-14H2,1-4H3,(H,22,25)/t16-/m1/s1. The Balaban J connectivity index is 2.10. The Hall–Kier alpha value is -2.47. The molecule has 5 nitrogen and oxygen atoms in total. The maximum atomic E-state index is 12.9. The van der Waals surface area contributed by atoms with E-state index in [-0.39, 0.29) is 17.6 Å². The number of carbonyl (C=O) groups excluding carboxylic acids is 2. The molecule has 27 heavy (non-hydrogen) atoms. The fraction of sp³-hybridized carbons (Fsp3) is 0.333. The van der Waals surface area contributed by atoms with Crippen LogP contribution in [-0.4, -0.2) is 42.7 Å². The zero-order valence-electron chi connectivity index (χ0n) is 16.2. The summed E-state index contributed by atoms with van der Waals surface area (Å²) in [7, 11) is 3.19. The lowest BCUT2D eigenvalue weighted by molar-refractivity contribution is -0.138. The Labute approximate surface area is 165 Å². The van der Waals surface area contributed by atoms with E-state index in [1.165, 1.54) is 17.3 Å². The normalized spacial score (nSPS) is 11.6. The van der Waals surface area contributed by atoms with Crippen molar-refractivity contribution in [1.29, 1.82) is 0 Å². The van der Waals surface area contributed by atoms with E-state index in [1.54, 1.807) is 26.0 Å². The summed E-state index contributed by atoms with van der Waals surface area (Å²) in [5, 5.41) is 2.62. The summed E-state index contributed by atoms with van der Waals surface area (Å²) in [6.07, 6.45) is 0. The van der Waals surface area contributed by atoms with Crippen LogP contribution < -0.4 is 10.1 Å². The van der Waals surface area contributed by atoms with Crippen molar-refractivity contribution in [1.82, 2.24) is 10.2 Å². The van der Waals surface area contributed by atoms with E-state index >= 15 is 0 Å². The molecular formula is C21H26N2O3S. The van der Waals surface area contributed by atoms with E-state index in [1.807, 2.05) is 55.5 Å². The second-order valence-corrected chi connectivity index (χ2v) is 7.31. The molecule has 2 rings (SSSR count). The number of carbonyl (C=O) groups is 2. The number of nitrogens with one attached hydrogen (secondary N) is 1. The molecule has 0 aliphatic carbocycles. The first-order valence-electron chi connectivity index (χ1n) is 8.78. The summed E-state index contributed by atoms with van der Waals surface area (Å²) in [6, 6.07) is 15.0. The molecule has 0 bridgehead atoms. The van der Waals surface area contributed by atoms with Gasteiger partial charge in [0, 0.05) is 18.5 Å². The minimum absolute atomic E-state index is 0.0764. The molecule has 2 amide bonds. The molecule has 0 radical (unpaired) electrons. The van der Waals surface area contributed by atoms with Crippen molar-refractivity contribution in [2.24, 2.45) is 0 Å². The van der Waals surface area contributed by atoms with E-state index in [2.05, 4.69) is 5.32 Å². The van der Waals surface area contributed by atoms with Gasteiger partial charge in [0.25, 0.3) is 0 Å². The highest BCUT2D eigenvalue weighted by molar-refractivity contribution is 8.00. The summed E-state index contributed by atoms with van der Waals surface area (Å²) >= 11 is 1.48. The third kappa shape index (κ3) is 6.03. The first-order valence-corrected chi connectivity index (χ1v) is 9.76. The van der Waals surface area contributed by atoms with Crippen molar-refractivity contribution >= 4 is 23.6 Å². The van der Waals surface area contributed by atoms with Gasteiger partial charge < -0.3 is 15.0 Å². The third-order valence-electron chi connectivity index (χ3n) is 4.31. The van der Waals surface area contributed by atoms with E-state index < -0.39 is 6.04 Å². The molecule has 0 saturated heterocycles. The summed E-state index contributed by atoms with van der Waals surface area (Å²) in [5.74, 6) is 0.774. The number of aryl methyl sites for hydroxylation is 1. The van der Waals surface area contributed by atoms with Crippen molar-refractivity contribution < 1.29 is 14.3 Å². The lowest BCUT2D eigenvalue weighted by Gasteiger charge is -2.28. The number of nitrogens with zero attached hydrogens (tertiary/aromatic N) is 1. The van der Waals surface area contributed by atoms with E-state index in [0.29, 0.717) is 6.54 Å². The number of amides is 2. The first kappa shape index (κ1) is 20.8. The highest BCUT2D eigenvalue weighted by Gasteiger charge is 2.25. The smallest absolute Gasteiger partial charge is 0.242 e. The molecule has 144 valence electrons. The number of likely N-dealkylation sites (N-methyl/N-ethyl adjacent to an activating group) is 1. The molecule has 1 atom stereocenters. The summed E-state index contributed by atoms with van der Waals surface area (Å²) in [4.78, 5) is 27.6. The fourth-order valence-corrected chi connectivity index (χ4v) is 3.37. The minimum Gasteiger partial charge on any atom is -0.497 e. The predicted molar refractivity (Wildman–Crippen MR) is 109 cm³/mol. The molecule has 2 aromatic rings. The van der Waals surface area contributed by atoms with E-state index in [4.69, 9.17) is 4.74 Å². The van der Waals surface area contributed by atoms with Crippen LogP contribution in [0.1, 0.15) is 18.1 Å². The van der Waals surface area contributed by atoms with Crippen molar-refractivity contribution in [3.63, 3.8) is 0 Å². The van der Waals surface area contributed by atoms with Gasteiger partial charge >= 0.3 is 0 Å². The summed E-state index contributed by atoms with van der Waals surface area (Å²) in [6.45, 7) is 4.14.